The Labute approximate surface area is 111 Å². The number of amides is 1. The highest BCUT2D eigenvalue weighted by Crippen LogP contribution is 2.36. The topological polar surface area (TPSA) is 38.8 Å². The molecule has 1 saturated heterocycles. The second kappa shape index (κ2) is 5.48. The van der Waals surface area contributed by atoms with Gasteiger partial charge in [-0.1, -0.05) is 11.6 Å². The normalized spacial score (nSPS) is 14.1. The Morgan fingerprint density at radius 2 is 2.17 bits per heavy atom. The van der Waals surface area contributed by atoms with E-state index in [1.165, 1.54) is 7.11 Å². The molecule has 1 aliphatic heterocycles. The molecule has 5 heteroatoms. The third-order valence-corrected chi connectivity index (χ3v) is 3.19. The smallest absolute Gasteiger partial charge is 0.254 e. The van der Waals surface area contributed by atoms with Crippen molar-refractivity contribution in [2.24, 2.45) is 0 Å². The van der Waals surface area contributed by atoms with Crippen LogP contribution in [0.4, 0.5) is 0 Å². The van der Waals surface area contributed by atoms with E-state index in [1.807, 2.05) is 6.92 Å². The molecule has 0 spiro atoms. The first-order valence-electron chi connectivity index (χ1n) is 5.97. The predicted molar refractivity (Wildman–Crippen MR) is 69.7 cm³/mol. The number of hydrogen-bond acceptors (Lipinski definition) is 3. The van der Waals surface area contributed by atoms with Crippen molar-refractivity contribution in [1.82, 2.24) is 4.90 Å². The van der Waals surface area contributed by atoms with Crippen molar-refractivity contribution in [3.05, 3.63) is 22.7 Å². The maximum absolute atomic E-state index is 12.1. The first-order valence-corrected chi connectivity index (χ1v) is 6.34. The zero-order chi connectivity index (χ0) is 13.1. The van der Waals surface area contributed by atoms with Crippen LogP contribution in [0, 0.1) is 0 Å². The van der Waals surface area contributed by atoms with E-state index in [9.17, 15) is 4.79 Å². The summed E-state index contributed by atoms with van der Waals surface area (Å²) in [6.45, 7) is 3.99. The molecule has 0 N–H and O–H groups in total. The molecular weight excluding hydrogens is 254 g/mol. The average Bonchev–Trinajstić information content (AvgIpc) is 2.29. The molecule has 0 aliphatic carbocycles. The quantitative estimate of drug-likeness (QED) is 0.843. The summed E-state index contributed by atoms with van der Waals surface area (Å²) in [5.41, 5.74) is 0.542. The Morgan fingerprint density at radius 3 is 2.67 bits per heavy atom. The SMILES string of the molecule is CCOc1c(Cl)cc(C(=O)N2CCC2)cc1OC. The first-order chi connectivity index (χ1) is 8.67. The lowest BCUT2D eigenvalue weighted by atomic mass is 10.1. The van der Waals surface area contributed by atoms with Crippen molar-refractivity contribution < 1.29 is 14.3 Å². The van der Waals surface area contributed by atoms with Gasteiger partial charge in [-0.3, -0.25) is 4.79 Å². The zero-order valence-corrected chi connectivity index (χ0v) is 11.3. The third kappa shape index (κ3) is 2.38. The maximum Gasteiger partial charge on any atom is 0.254 e. The van der Waals surface area contributed by atoms with Gasteiger partial charge in [-0.25, -0.2) is 0 Å². The largest absolute Gasteiger partial charge is 0.493 e. The Bertz CT molecular complexity index is 458. The van der Waals surface area contributed by atoms with Gasteiger partial charge in [0, 0.05) is 18.7 Å². The van der Waals surface area contributed by atoms with Crippen LogP contribution in [-0.4, -0.2) is 37.6 Å². The lowest BCUT2D eigenvalue weighted by molar-refractivity contribution is 0.0651. The lowest BCUT2D eigenvalue weighted by Gasteiger charge is -2.31. The lowest BCUT2D eigenvalue weighted by Crippen LogP contribution is -2.42. The van der Waals surface area contributed by atoms with E-state index < -0.39 is 0 Å². The maximum atomic E-state index is 12.1. The monoisotopic (exact) mass is 269 g/mol. The molecule has 1 aromatic rings. The van der Waals surface area contributed by atoms with Crippen LogP contribution in [0.25, 0.3) is 0 Å². The summed E-state index contributed by atoms with van der Waals surface area (Å²) in [6.07, 6.45) is 1.06. The summed E-state index contributed by atoms with van der Waals surface area (Å²) in [5, 5.41) is 0.403. The van der Waals surface area contributed by atoms with Crippen LogP contribution in [0.1, 0.15) is 23.7 Å². The van der Waals surface area contributed by atoms with Gasteiger partial charge in [-0.15, -0.1) is 0 Å². The minimum absolute atomic E-state index is 0.00972. The number of benzene rings is 1. The molecule has 0 aromatic heterocycles. The summed E-state index contributed by atoms with van der Waals surface area (Å²) in [6, 6.07) is 3.31. The fourth-order valence-corrected chi connectivity index (χ4v) is 2.09. The van der Waals surface area contributed by atoms with Crippen molar-refractivity contribution in [3.8, 4) is 11.5 Å². The first kappa shape index (κ1) is 13.0. The Kier molecular flexibility index (Phi) is 3.97. The number of methoxy groups -OCH3 is 1. The van der Waals surface area contributed by atoms with E-state index in [2.05, 4.69) is 0 Å². The highest BCUT2D eigenvalue weighted by molar-refractivity contribution is 6.32. The number of ether oxygens (including phenoxy) is 2. The van der Waals surface area contributed by atoms with Gasteiger partial charge in [0.25, 0.3) is 5.91 Å². The van der Waals surface area contributed by atoms with Crippen molar-refractivity contribution in [2.45, 2.75) is 13.3 Å². The summed E-state index contributed by atoms with van der Waals surface area (Å²) < 4.78 is 10.6. The molecule has 0 radical (unpaired) electrons. The Hall–Kier alpha value is -1.42. The number of rotatable bonds is 4. The zero-order valence-electron chi connectivity index (χ0n) is 10.5. The molecule has 1 fully saturated rings. The predicted octanol–water partition coefficient (Wildman–Crippen LogP) is 2.59. The van der Waals surface area contributed by atoms with Gasteiger partial charge >= 0.3 is 0 Å². The molecule has 1 amide bonds. The number of carbonyl (C=O) groups excluding carboxylic acids is 1. The van der Waals surface area contributed by atoms with Gasteiger partial charge in [0.2, 0.25) is 0 Å². The van der Waals surface area contributed by atoms with Crippen LogP contribution in [-0.2, 0) is 0 Å². The summed E-state index contributed by atoms with van der Waals surface area (Å²) >= 11 is 6.13. The number of nitrogens with zero attached hydrogens (tertiary/aromatic N) is 1. The fourth-order valence-electron chi connectivity index (χ4n) is 1.83. The number of carbonyl (C=O) groups is 1. The van der Waals surface area contributed by atoms with E-state index in [4.69, 9.17) is 21.1 Å². The number of halogens is 1. The molecule has 0 saturated carbocycles. The van der Waals surface area contributed by atoms with E-state index >= 15 is 0 Å². The molecule has 4 nitrogen and oxygen atoms in total. The van der Waals surface area contributed by atoms with Crippen LogP contribution in [0.2, 0.25) is 5.02 Å². The van der Waals surface area contributed by atoms with Crippen molar-refractivity contribution in [3.63, 3.8) is 0 Å². The van der Waals surface area contributed by atoms with Crippen LogP contribution in [0.3, 0.4) is 0 Å². The van der Waals surface area contributed by atoms with Crippen molar-refractivity contribution >= 4 is 17.5 Å². The molecule has 1 aliphatic rings. The molecule has 0 bridgehead atoms. The molecule has 0 atom stereocenters. The standard InChI is InChI=1S/C13H16ClNO3/c1-3-18-12-10(14)7-9(8-11(12)17-2)13(16)15-5-4-6-15/h7-8H,3-6H2,1-2H3. The van der Waals surface area contributed by atoms with E-state index in [1.54, 1.807) is 17.0 Å². The molecule has 98 valence electrons. The van der Waals surface area contributed by atoms with Crippen LogP contribution < -0.4 is 9.47 Å². The van der Waals surface area contributed by atoms with Crippen LogP contribution in [0.5, 0.6) is 11.5 Å². The summed E-state index contributed by atoms with van der Waals surface area (Å²) in [5.74, 6) is 0.972. The molecule has 0 unspecified atom stereocenters. The van der Waals surface area contributed by atoms with Gasteiger partial charge in [0.05, 0.1) is 18.7 Å². The van der Waals surface area contributed by atoms with Gasteiger partial charge < -0.3 is 14.4 Å². The second-order valence-corrected chi connectivity index (χ2v) is 4.48. The molecule has 18 heavy (non-hydrogen) atoms. The molecule has 1 heterocycles. The Morgan fingerprint density at radius 1 is 1.44 bits per heavy atom. The molecule has 1 aromatic carbocycles. The van der Waals surface area contributed by atoms with E-state index in [-0.39, 0.29) is 5.91 Å². The van der Waals surface area contributed by atoms with E-state index in [0.717, 1.165) is 19.5 Å². The fraction of sp³-hybridized carbons (Fsp3) is 0.462. The van der Waals surface area contributed by atoms with Crippen molar-refractivity contribution in [1.29, 1.82) is 0 Å². The second-order valence-electron chi connectivity index (χ2n) is 4.07. The number of likely N-dealkylation sites (tertiary alicyclic amines) is 1. The van der Waals surface area contributed by atoms with Crippen LogP contribution in [0.15, 0.2) is 12.1 Å². The van der Waals surface area contributed by atoms with Gasteiger partial charge in [-0.2, -0.15) is 0 Å². The van der Waals surface area contributed by atoms with Gasteiger partial charge in [0.15, 0.2) is 11.5 Å². The highest BCUT2D eigenvalue weighted by Gasteiger charge is 2.23. The van der Waals surface area contributed by atoms with Crippen molar-refractivity contribution in [2.75, 3.05) is 26.8 Å². The van der Waals surface area contributed by atoms with Crippen LogP contribution >= 0.6 is 11.6 Å². The number of hydrogen-bond donors (Lipinski definition) is 0. The van der Waals surface area contributed by atoms with Gasteiger partial charge in [0.1, 0.15) is 0 Å². The average molecular weight is 270 g/mol. The van der Waals surface area contributed by atoms with Gasteiger partial charge in [-0.05, 0) is 25.5 Å². The third-order valence-electron chi connectivity index (χ3n) is 2.91. The van der Waals surface area contributed by atoms with E-state index in [0.29, 0.717) is 28.7 Å². The molecular formula is C13H16ClNO3. The summed E-state index contributed by atoms with van der Waals surface area (Å²) in [4.78, 5) is 13.9. The minimum Gasteiger partial charge on any atom is -0.493 e. The molecule has 2 rings (SSSR count). The Balaban J connectivity index is 2.32. The minimum atomic E-state index is -0.00972. The highest BCUT2D eigenvalue weighted by atomic mass is 35.5. The summed E-state index contributed by atoms with van der Waals surface area (Å²) in [7, 11) is 1.53.